The molecule has 1 saturated heterocycles. The van der Waals surface area contributed by atoms with E-state index in [0.29, 0.717) is 0 Å². The van der Waals surface area contributed by atoms with Crippen LogP contribution in [0.5, 0.6) is 5.75 Å². The second-order valence-electron chi connectivity index (χ2n) is 8.47. The highest BCUT2D eigenvalue weighted by molar-refractivity contribution is 7.19. The molecule has 0 spiro atoms. The minimum absolute atomic E-state index is 0.0569. The van der Waals surface area contributed by atoms with E-state index in [2.05, 4.69) is 17.0 Å². The van der Waals surface area contributed by atoms with Crippen LogP contribution >= 0.6 is 22.9 Å². The number of rotatable bonds is 5. The van der Waals surface area contributed by atoms with E-state index >= 15 is 0 Å². The van der Waals surface area contributed by atoms with Gasteiger partial charge in [-0.2, -0.15) is 0 Å². The molecule has 1 fully saturated rings. The van der Waals surface area contributed by atoms with E-state index in [1.165, 1.54) is 22.5 Å². The molecule has 6 rings (SSSR count). The van der Waals surface area contributed by atoms with Crippen molar-refractivity contribution in [3.8, 4) is 16.5 Å². The first-order valence-electron chi connectivity index (χ1n) is 11.1. The Balaban J connectivity index is 1.32. The number of thiophene rings is 1. The SMILES string of the molecule is O=C(COc1ccc2c(c1)N(c1nc(-c3ccc(Cl)s3)nc3c1CCC3)CC2)N1CCC1. The van der Waals surface area contributed by atoms with Gasteiger partial charge >= 0.3 is 0 Å². The molecule has 2 aliphatic heterocycles. The maximum absolute atomic E-state index is 12.2. The average molecular weight is 467 g/mol. The fraction of sp³-hybridized carbons (Fsp3) is 0.375. The Kier molecular flexibility index (Phi) is 5.03. The van der Waals surface area contributed by atoms with Crippen molar-refractivity contribution in [1.82, 2.24) is 14.9 Å². The van der Waals surface area contributed by atoms with Crippen molar-refractivity contribution < 1.29 is 9.53 Å². The Morgan fingerprint density at radius 1 is 1.06 bits per heavy atom. The molecule has 8 heteroatoms. The highest BCUT2D eigenvalue weighted by Crippen LogP contribution is 2.41. The van der Waals surface area contributed by atoms with Crippen LogP contribution in [0.15, 0.2) is 30.3 Å². The number of ether oxygens (including phenoxy) is 1. The highest BCUT2D eigenvalue weighted by atomic mass is 35.5. The number of nitrogens with zero attached hydrogens (tertiary/aromatic N) is 4. The van der Waals surface area contributed by atoms with E-state index in [9.17, 15) is 4.79 Å². The third-order valence-corrected chi connectivity index (χ3v) is 7.71. The third kappa shape index (κ3) is 3.53. The van der Waals surface area contributed by atoms with E-state index in [0.717, 1.165) is 89.7 Å². The van der Waals surface area contributed by atoms with Crippen LogP contribution in [0.4, 0.5) is 11.5 Å². The van der Waals surface area contributed by atoms with Crippen molar-refractivity contribution in [2.24, 2.45) is 0 Å². The lowest BCUT2D eigenvalue weighted by Crippen LogP contribution is -2.44. The normalized spacial score (nSPS) is 16.7. The monoisotopic (exact) mass is 466 g/mol. The number of hydrogen-bond donors (Lipinski definition) is 0. The number of aryl methyl sites for hydroxylation is 1. The summed E-state index contributed by atoms with van der Waals surface area (Å²) in [7, 11) is 0. The summed E-state index contributed by atoms with van der Waals surface area (Å²) in [4.78, 5) is 27.2. The predicted molar refractivity (Wildman–Crippen MR) is 126 cm³/mol. The van der Waals surface area contributed by atoms with Crippen molar-refractivity contribution in [3.05, 3.63) is 51.5 Å². The summed E-state index contributed by atoms with van der Waals surface area (Å²) in [6, 6.07) is 10.0. The van der Waals surface area contributed by atoms with Crippen molar-refractivity contribution in [3.63, 3.8) is 0 Å². The molecule has 3 aliphatic rings. The zero-order valence-electron chi connectivity index (χ0n) is 17.6. The molecule has 3 aromatic rings. The van der Waals surface area contributed by atoms with E-state index in [4.69, 9.17) is 26.3 Å². The summed E-state index contributed by atoms with van der Waals surface area (Å²) in [6.45, 7) is 2.65. The smallest absolute Gasteiger partial charge is 0.260 e. The number of fused-ring (bicyclic) bond motifs is 2. The largest absolute Gasteiger partial charge is 0.484 e. The number of benzene rings is 1. The molecule has 2 aromatic heterocycles. The zero-order chi connectivity index (χ0) is 21.7. The Morgan fingerprint density at radius 3 is 2.75 bits per heavy atom. The van der Waals surface area contributed by atoms with Gasteiger partial charge in [-0.3, -0.25) is 4.79 Å². The second kappa shape index (κ2) is 8.05. The fourth-order valence-electron chi connectivity index (χ4n) is 4.65. The molecule has 1 aromatic carbocycles. The molecule has 0 unspecified atom stereocenters. The van der Waals surface area contributed by atoms with Crippen molar-refractivity contribution in [1.29, 1.82) is 0 Å². The summed E-state index contributed by atoms with van der Waals surface area (Å²) in [5.74, 6) is 2.53. The molecule has 1 amide bonds. The maximum atomic E-state index is 12.2. The molecule has 0 atom stereocenters. The van der Waals surface area contributed by atoms with Crippen LogP contribution in [0, 0.1) is 0 Å². The van der Waals surface area contributed by atoms with Crippen molar-refractivity contribution in [2.45, 2.75) is 32.1 Å². The van der Waals surface area contributed by atoms with Gasteiger partial charge in [0, 0.05) is 42.6 Å². The first-order chi connectivity index (χ1) is 15.7. The molecule has 0 radical (unpaired) electrons. The predicted octanol–water partition coefficient (Wildman–Crippen LogP) is 4.65. The first-order valence-corrected chi connectivity index (χ1v) is 12.3. The summed E-state index contributed by atoms with van der Waals surface area (Å²) in [5.41, 5.74) is 4.79. The number of aromatic nitrogens is 2. The fourth-order valence-corrected chi connectivity index (χ4v) is 5.63. The van der Waals surface area contributed by atoms with Gasteiger partial charge in [-0.25, -0.2) is 9.97 Å². The number of carbonyl (C=O) groups is 1. The van der Waals surface area contributed by atoms with E-state index in [1.807, 2.05) is 23.1 Å². The number of carbonyl (C=O) groups excluding carboxylic acids is 1. The molecule has 32 heavy (non-hydrogen) atoms. The van der Waals surface area contributed by atoms with Crippen molar-refractivity contribution >= 4 is 40.4 Å². The number of halogens is 1. The third-order valence-electron chi connectivity index (χ3n) is 6.48. The molecule has 4 heterocycles. The summed E-state index contributed by atoms with van der Waals surface area (Å²) < 4.78 is 6.60. The van der Waals surface area contributed by atoms with Gasteiger partial charge in [-0.05, 0) is 55.9 Å². The van der Waals surface area contributed by atoms with Gasteiger partial charge < -0.3 is 14.5 Å². The zero-order valence-corrected chi connectivity index (χ0v) is 19.2. The summed E-state index contributed by atoms with van der Waals surface area (Å²) in [6.07, 6.45) is 5.14. The Morgan fingerprint density at radius 2 is 1.97 bits per heavy atom. The van der Waals surface area contributed by atoms with Gasteiger partial charge in [0.05, 0.1) is 9.21 Å². The lowest BCUT2D eigenvalue weighted by atomic mass is 10.1. The van der Waals surface area contributed by atoms with Gasteiger partial charge in [0.15, 0.2) is 12.4 Å². The second-order valence-corrected chi connectivity index (χ2v) is 10.2. The van der Waals surface area contributed by atoms with Gasteiger partial charge in [-0.15, -0.1) is 11.3 Å². The number of amides is 1. The molecular formula is C24H23ClN4O2S. The standard InChI is InChI=1S/C24H23ClN4O2S/c25-21-8-7-20(32-21)23-26-18-4-1-3-17(18)24(27-23)29-12-9-15-5-6-16(13-19(15)29)31-14-22(30)28-10-2-11-28/h5-8,13H,1-4,9-12,14H2. The van der Waals surface area contributed by atoms with Crippen LogP contribution in [-0.2, 0) is 24.1 Å². The van der Waals surface area contributed by atoms with Crippen LogP contribution in [0.3, 0.4) is 0 Å². The van der Waals surface area contributed by atoms with Crippen LogP contribution in [0.2, 0.25) is 4.34 Å². The number of anilines is 2. The quantitative estimate of drug-likeness (QED) is 0.547. The van der Waals surface area contributed by atoms with Gasteiger partial charge in [0.2, 0.25) is 0 Å². The Hall–Kier alpha value is -2.64. The molecule has 0 bridgehead atoms. The topological polar surface area (TPSA) is 58.6 Å². The Bertz CT molecular complexity index is 1210. The van der Waals surface area contributed by atoms with Crippen molar-refractivity contribution in [2.75, 3.05) is 31.1 Å². The van der Waals surface area contributed by atoms with Crippen LogP contribution in [-0.4, -0.2) is 47.0 Å². The lowest BCUT2D eigenvalue weighted by molar-refractivity contribution is -0.136. The minimum Gasteiger partial charge on any atom is -0.484 e. The van der Waals surface area contributed by atoms with Gasteiger partial charge in [-0.1, -0.05) is 17.7 Å². The lowest BCUT2D eigenvalue weighted by Gasteiger charge is -2.30. The minimum atomic E-state index is 0.0569. The molecule has 0 saturated carbocycles. The van der Waals surface area contributed by atoms with Crippen LogP contribution in [0.1, 0.15) is 29.7 Å². The maximum Gasteiger partial charge on any atom is 0.260 e. The molecule has 1 aliphatic carbocycles. The molecule has 0 N–H and O–H groups in total. The van der Waals surface area contributed by atoms with Gasteiger partial charge in [0.25, 0.3) is 5.91 Å². The highest BCUT2D eigenvalue weighted by Gasteiger charge is 2.29. The molecular weight excluding hydrogens is 444 g/mol. The van der Waals surface area contributed by atoms with E-state index < -0.39 is 0 Å². The molecule has 6 nitrogen and oxygen atoms in total. The van der Waals surface area contributed by atoms with E-state index in [-0.39, 0.29) is 12.5 Å². The van der Waals surface area contributed by atoms with Gasteiger partial charge in [0.1, 0.15) is 11.6 Å². The summed E-state index contributed by atoms with van der Waals surface area (Å²) >= 11 is 7.68. The summed E-state index contributed by atoms with van der Waals surface area (Å²) in [5, 5.41) is 0. The number of hydrogen-bond acceptors (Lipinski definition) is 6. The Labute approximate surface area is 195 Å². The van der Waals surface area contributed by atoms with E-state index in [1.54, 1.807) is 0 Å². The first kappa shape index (κ1) is 20.0. The average Bonchev–Trinajstić information content (AvgIpc) is 3.49. The molecule has 164 valence electrons. The number of likely N-dealkylation sites (tertiary alicyclic amines) is 1. The van der Waals surface area contributed by atoms with Crippen LogP contribution < -0.4 is 9.64 Å². The van der Waals surface area contributed by atoms with Crippen LogP contribution in [0.25, 0.3) is 10.7 Å².